The van der Waals surface area contributed by atoms with Gasteiger partial charge in [0.1, 0.15) is 12.4 Å². The molecule has 0 radical (unpaired) electrons. The maximum absolute atomic E-state index is 8.98. The van der Waals surface area contributed by atoms with Gasteiger partial charge in [-0.1, -0.05) is 18.2 Å². The van der Waals surface area contributed by atoms with Gasteiger partial charge < -0.3 is 14.6 Å². The molecule has 1 aromatic heterocycles. The van der Waals surface area contributed by atoms with Gasteiger partial charge in [-0.2, -0.15) is 0 Å². The highest BCUT2D eigenvalue weighted by Crippen LogP contribution is 2.15. The molecule has 18 heavy (non-hydrogen) atoms. The van der Waals surface area contributed by atoms with E-state index in [9.17, 15) is 0 Å². The molecule has 0 spiro atoms. The lowest BCUT2D eigenvalue weighted by Gasteiger charge is -2.07. The van der Waals surface area contributed by atoms with Crippen molar-refractivity contribution in [2.75, 3.05) is 7.11 Å². The van der Waals surface area contributed by atoms with Crippen LogP contribution in [0.2, 0.25) is 0 Å². The van der Waals surface area contributed by atoms with Crippen molar-refractivity contribution in [3.63, 3.8) is 0 Å². The Morgan fingerprint density at radius 3 is 2.78 bits per heavy atom. The van der Waals surface area contributed by atoms with Crippen LogP contribution in [0.4, 0.5) is 0 Å². The molecule has 1 heterocycles. The Bertz CT molecular complexity index is 466. The molecule has 1 N–H and O–H groups in total. The molecule has 0 atom stereocenters. The zero-order chi connectivity index (χ0) is 12.8. The van der Waals surface area contributed by atoms with Gasteiger partial charge in [-0.15, -0.1) is 0 Å². The van der Waals surface area contributed by atoms with Gasteiger partial charge in [0.15, 0.2) is 0 Å². The van der Waals surface area contributed by atoms with Crippen LogP contribution in [0.5, 0.6) is 11.6 Å². The highest BCUT2D eigenvalue weighted by Gasteiger charge is 2.00. The summed E-state index contributed by atoms with van der Waals surface area (Å²) >= 11 is 0. The van der Waals surface area contributed by atoms with E-state index in [2.05, 4.69) is 4.98 Å². The van der Waals surface area contributed by atoms with E-state index in [1.54, 1.807) is 25.3 Å². The third kappa shape index (κ3) is 3.21. The molecule has 0 aliphatic carbocycles. The molecule has 0 unspecified atom stereocenters. The second-order valence-corrected chi connectivity index (χ2v) is 3.77. The standard InChI is InChI=1S/C14H15NO3/c1-17-13-6-2-4-11(8-13)10-18-14-7-3-5-12(9-16)15-14/h2-8,16H,9-10H2,1H3. The second kappa shape index (κ2) is 6.02. The van der Waals surface area contributed by atoms with Crippen molar-refractivity contribution in [3.8, 4) is 11.6 Å². The molecule has 4 nitrogen and oxygen atoms in total. The van der Waals surface area contributed by atoms with Crippen LogP contribution in [0.1, 0.15) is 11.3 Å². The Kier molecular flexibility index (Phi) is 4.15. The maximum atomic E-state index is 8.98. The predicted molar refractivity (Wildman–Crippen MR) is 67.5 cm³/mol. The number of rotatable bonds is 5. The summed E-state index contributed by atoms with van der Waals surface area (Å²) in [6.45, 7) is 0.329. The van der Waals surface area contributed by atoms with E-state index in [0.29, 0.717) is 18.2 Å². The monoisotopic (exact) mass is 245 g/mol. The van der Waals surface area contributed by atoms with Crippen LogP contribution in [0, 0.1) is 0 Å². The Morgan fingerprint density at radius 1 is 1.17 bits per heavy atom. The molecular formula is C14H15NO3. The van der Waals surface area contributed by atoms with Gasteiger partial charge in [-0.3, -0.25) is 0 Å². The second-order valence-electron chi connectivity index (χ2n) is 3.77. The van der Waals surface area contributed by atoms with E-state index in [-0.39, 0.29) is 6.61 Å². The van der Waals surface area contributed by atoms with Crippen LogP contribution in [0.3, 0.4) is 0 Å². The number of ether oxygens (including phenoxy) is 2. The molecule has 0 aliphatic rings. The lowest BCUT2D eigenvalue weighted by Crippen LogP contribution is -1.99. The molecule has 0 amide bonds. The first kappa shape index (κ1) is 12.4. The fourth-order valence-electron chi connectivity index (χ4n) is 1.55. The third-order valence-corrected chi connectivity index (χ3v) is 2.46. The summed E-state index contributed by atoms with van der Waals surface area (Å²) in [5.41, 5.74) is 1.60. The zero-order valence-corrected chi connectivity index (χ0v) is 10.2. The van der Waals surface area contributed by atoms with Gasteiger partial charge in [0.25, 0.3) is 0 Å². The molecule has 1 aromatic carbocycles. The summed E-state index contributed by atoms with van der Waals surface area (Å²) in [5, 5.41) is 8.98. The highest BCUT2D eigenvalue weighted by molar-refractivity contribution is 5.28. The van der Waals surface area contributed by atoms with Crippen LogP contribution in [-0.2, 0) is 13.2 Å². The first-order valence-corrected chi connectivity index (χ1v) is 5.64. The van der Waals surface area contributed by atoms with Gasteiger partial charge in [-0.05, 0) is 23.8 Å². The van der Waals surface area contributed by atoms with Crippen molar-refractivity contribution in [3.05, 3.63) is 53.7 Å². The van der Waals surface area contributed by atoms with E-state index in [4.69, 9.17) is 14.6 Å². The van der Waals surface area contributed by atoms with E-state index < -0.39 is 0 Å². The molecule has 0 bridgehead atoms. The number of methoxy groups -OCH3 is 1. The SMILES string of the molecule is COc1cccc(COc2cccc(CO)n2)c1. The summed E-state index contributed by atoms with van der Waals surface area (Å²) in [5.74, 6) is 1.30. The predicted octanol–water partition coefficient (Wildman–Crippen LogP) is 2.16. The Morgan fingerprint density at radius 2 is 2.00 bits per heavy atom. The summed E-state index contributed by atoms with van der Waals surface area (Å²) in [7, 11) is 1.63. The Labute approximate surface area is 106 Å². The van der Waals surface area contributed by atoms with Gasteiger partial charge in [0.2, 0.25) is 5.88 Å². The quantitative estimate of drug-likeness (QED) is 0.877. The summed E-state index contributed by atoms with van der Waals surface area (Å²) in [6.07, 6.45) is 0. The zero-order valence-electron chi connectivity index (χ0n) is 10.2. The number of hydrogen-bond acceptors (Lipinski definition) is 4. The lowest BCUT2D eigenvalue weighted by atomic mass is 10.2. The number of aromatic nitrogens is 1. The van der Waals surface area contributed by atoms with Crippen molar-refractivity contribution in [2.45, 2.75) is 13.2 Å². The molecular weight excluding hydrogens is 230 g/mol. The van der Waals surface area contributed by atoms with E-state index >= 15 is 0 Å². The average Bonchev–Trinajstić information content (AvgIpc) is 2.45. The average molecular weight is 245 g/mol. The Hall–Kier alpha value is -2.07. The first-order chi connectivity index (χ1) is 8.81. The fraction of sp³-hybridized carbons (Fsp3) is 0.214. The largest absolute Gasteiger partial charge is 0.497 e. The summed E-state index contributed by atoms with van der Waals surface area (Å²) in [4.78, 5) is 4.15. The maximum Gasteiger partial charge on any atom is 0.213 e. The molecule has 0 fully saturated rings. The number of aliphatic hydroxyl groups excluding tert-OH is 1. The molecule has 2 rings (SSSR count). The normalized spacial score (nSPS) is 10.1. The number of pyridine rings is 1. The number of benzene rings is 1. The van der Waals surface area contributed by atoms with Crippen LogP contribution in [-0.4, -0.2) is 17.2 Å². The molecule has 0 aliphatic heterocycles. The highest BCUT2D eigenvalue weighted by atomic mass is 16.5. The fourth-order valence-corrected chi connectivity index (χ4v) is 1.55. The molecule has 0 saturated heterocycles. The van der Waals surface area contributed by atoms with Crippen molar-refractivity contribution < 1.29 is 14.6 Å². The smallest absolute Gasteiger partial charge is 0.213 e. The van der Waals surface area contributed by atoms with Crippen LogP contribution in [0.25, 0.3) is 0 Å². The van der Waals surface area contributed by atoms with Crippen LogP contribution in [0.15, 0.2) is 42.5 Å². The van der Waals surface area contributed by atoms with E-state index in [1.165, 1.54) is 0 Å². The summed E-state index contributed by atoms with van der Waals surface area (Å²) in [6, 6.07) is 13.0. The first-order valence-electron chi connectivity index (χ1n) is 5.64. The Balaban J connectivity index is 2.01. The van der Waals surface area contributed by atoms with Crippen LogP contribution >= 0.6 is 0 Å². The number of nitrogens with zero attached hydrogens (tertiary/aromatic N) is 1. The topological polar surface area (TPSA) is 51.6 Å². The molecule has 2 aromatic rings. The minimum Gasteiger partial charge on any atom is -0.497 e. The van der Waals surface area contributed by atoms with Crippen LogP contribution < -0.4 is 9.47 Å². The third-order valence-electron chi connectivity index (χ3n) is 2.46. The van der Waals surface area contributed by atoms with Crippen molar-refractivity contribution in [1.82, 2.24) is 4.98 Å². The van der Waals surface area contributed by atoms with Gasteiger partial charge in [0, 0.05) is 6.07 Å². The van der Waals surface area contributed by atoms with E-state index in [0.717, 1.165) is 11.3 Å². The lowest BCUT2D eigenvalue weighted by molar-refractivity contribution is 0.266. The number of aliphatic hydroxyl groups is 1. The number of hydrogen-bond donors (Lipinski definition) is 1. The van der Waals surface area contributed by atoms with E-state index in [1.807, 2.05) is 24.3 Å². The van der Waals surface area contributed by atoms with Gasteiger partial charge in [-0.25, -0.2) is 4.98 Å². The minimum absolute atomic E-state index is 0.0869. The molecule has 0 saturated carbocycles. The molecule has 94 valence electrons. The van der Waals surface area contributed by atoms with Crippen molar-refractivity contribution in [1.29, 1.82) is 0 Å². The van der Waals surface area contributed by atoms with Crippen molar-refractivity contribution in [2.24, 2.45) is 0 Å². The molecule has 4 heteroatoms. The van der Waals surface area contributed by atoms with Gasteiger partial charge in [0.05, 0.1) is 19.4 Å². The summed E-state index contributed by atoms with van der Waals surface area (Å²) < 4.78 is 10.7. The van der Waals surface area contributed by atoms with Gasteiger partial charge >= 0.3 is 0 Å². The minimum atomic E-state index is -0.0869. The van der Waals surface area contributed by atoms with Crippen molar-refractivity contribution >= 4 is 0 Å².